The molecule has 0 radical (unpaired) electrons. The highest BCUT2D eigenvalue weighted by Gasteiger charge is 2.38. The fourth-order valence-corrected chi connectivity index (χ4v) is 1.76. The zero-order chi connectivity index (χ0) is 11.8. The van der Waals surface area contributed by atoms with Crippen molar-refractivity contribution in [2.75, 3.05) is 13.2 Å². The van der Waals surface area contributed by atoms with Gasteiger partial charge >= 0.3 is 0 Å². The third-order valence-electron chi connectivity index (χ3n) is 3.01. The summed E-state index contributed by atoms with van der Waals surface area (Å²) in [5.74, 6) is -0.469. The van der Waals surface area contributed by atoms with Crippen molar-refractivity contribution in [2.24, 2.45) is 0 Å². The van der Waals surface area contributed by atoms with Crippen molar-refractivity contribution >= 4 is 0 Å². The summed E-state index contributed by atoms with van der Waals surface area (Å²) >= 11 is 0. The number of aryl methyl sites for hydroxylation is 1. The van der Waals surface area contributed by atoms with Crippen LogP contribution in [0.4, 0.5) is 0 Å². The van der Waals surface area contributed by atoms with Gasteiger partial charge in [0.2, 0.25) is 0 Å². The van der Waals surface area contributed by atoms with E-state index in [4.69, 9.17) is 9.47 Å². The van der Waals surface area contributed by atoms with Crippen molar-refractivity contribution < 1.29 is 9.47 Å². The monoisotopic (exact) mass is 221 g/mol. The van der Waals surface area contributed by atoms with E-state index < -0.39 is 5.79 Å². The van der Waals surface area contributed by atoms with E-state index in [0.29, 0.717) is 13.2 Å². The summed E-state index contributed by atoms with van der Waals surface area (Å²) in [6.07, 6.45) is 1.84. The molecule has 16 heavy (non-hydrogen) atoms. The zero-order valence-electron chi connectivity index (χ0n) is 10.4. The van der Waals surface area contributed by atoms with E-state index >= 15 is 0 Å². The number of ether oxygens (including phenoxy) is 2. The van der Waals surface area contributed by atoms with Gasteiger partial charge in [0.15, 0.2) is 5.79 Å². The largest absolute Gasteiger partial charge is 0.349 e. The standard InChI is InChI=1S/C13H19NO2/c1-10-5-6-14-11(7-10)13(4)8-15-12(2,3)16-9-13/h5-7H,8-9H2,1-4H3. The van der Waals surface area contributed by atoms with Gasteiger partial charge in [-0.1, -0.05) is 0 Å². The van der Waals surface area contributed by atoms with E-state index in [2.05, 4.69) is 24.9 Å². The van der Waals surface area contributed by atoms with Crippen LogP contribution in [0.5, 0.6) is 0 Å². The summed E-state index contributed by atoms with van der Waals surface area (Å²) < 4.78 is 11.4. The maximum absolute atomic E-state index is 5.71. The van der Waals surface area contributed by atoms with Gasteiger partial charge in [0.05, 0.1) is 24.3 Å². The first-order valence-corrected chi connectivity index (χ1v) is 5.62. The van der Waals surface area contributed by atoms with Crippen LogP contribution in [0.15, 0.2) is 18.3 Å². The van der Waals surface area contributed by atoms with E-state index in [1.165, 1.54) is 5.56 Å². The van der Waals surface area contributed by atoms with Crippen molar-refractivity contribution in [3.63, 3.8) is 0 Å². The normalized spacial score (nSPS) is 23.0. The summed E-state index contributed by atoms with van der Waals surface area (Å²) in [5, 5.41) is 0. The number of hydrogen-bond acceptors (Lipinski definition) is 3. The van der Waals surface area contributed by atoms with E-state index in [-0.39, 0.29) is 5.41 Å². The lowest BCUT2D eigenvalue weighted by molar-refractivity contribution is -0.267. The molecule has 0 saturated carbocycles. The van der Waals surface area contributed by atoms with Gasteiger partial charge in [0.1, 0.15) is 0 Å². The Morgan fingerprint density at radius 2 is 1.81 bits per heavy atom. The Kier molecular flexibility index (Phi) is 2.76. The van der Waals surface area contributed by atoms with Gasteiger partial charge in [0.25, 0.3) is 0 Å². The molecule has 0 aliphatic carbocycles. The molecule has 1 aliphatic rings. The molecule has 3 heteroatoms. The van der Waals surface area contributed by atoms with Gasteiger partial charge in [-0.05, 0) is 45.4 Å². The minimum absolute atomic E-state index is 0.137. The predicted molar refractivity (Wildman–Crippen MR) is 62.3 cm³/mol. The van der Waals surface area contributed by atoms with Crippen molar-refractivity contribution in [2.45, 2.75) is 38.9 Å². The number of nitrogens with zero attached hydrogens (tertiary/aromatic N) is 1. The molecule has 1 fully saturated rings. The molecule has 88 valence electrons. The van der Waals surface area contributed by atoms with E-state index in [9.17, 15) is 0 Å². The minimum Gasteiger partial charge on any atom is -0.349 e. The van der Waals surface area contributed by atoms with Crippen LogP contribution in [0.3, 0.4) is 0 Å². The average Bonchev–Trinajstić information content (AvgIpc) is 2.23. The smallest absolute Gasteiger partial charge is 0.162 e. The van der Waals surface area contributed by atoms with E-state index in [1.807, 2.05) is 26.1 Å². The molecule has 1 aliphatic heterocycles. The quantitative estimate of drug-likeness (QED) is 0.730. The SMILES string of the molecule is Cc1ccnc(C2(C)COC(C)(C)OC2)c1. The molecular formula is C13H19NO2. The Balaban J connectivity index is 2.21. The molecule has 0 bridgehead atoms. The van der Waals surface area contributed by atoms with Crippen molar-refractivity contribution in [1.82, 2.24) is 4.98 Å². The summed E-state index contributed by atoms with van der Waals surface area (Å²) in [5.41, 5.74) is 2.13. The Morgan fingerprint density at radius 3 is 2.38 bits per heavy atom. The summed E-state index contributed by atoms with van der Waals surface area (Å²) in [6.45, 7) is 9.38. The van der Waals surface area contributed by atoms with Crippen LogP contribution in [0.25, 0.3) is 0 Å². The second kappa shape index (κ2) is 3.82. The zero-order valence-corrected chi connectivity index (χ0v) is 10.4. The van der Waals surface area contributed by atoms with Crippen LogP contribution in [0.2, 0.25) is 0 Å². The first kappa shape index (κ1) is 11.6. The van der Waals surface area contributed by atoms with Gasteiger partial charge in [-0.2, -0.15) is 0 Å². The molecule has 0 N–H and O–H groups in total. The van der Waals surface area contributed by atoms with Crippen molar-refractivity contribution in [1.29, 1.82) is 0 Å². The highest BCUT2D eigenvalue weighted by Crippen LogP contribution is 2.31. The number of pyridine rings is 1. The number of rotatable bonds is 1. The second-order valence-electron chi connectivity index (χ2n) is 5.26. The fraction of sp³-hybridized carbons (Fsp3) is 0.615. The molecule has 2 heterocycles. The summed E-state index contributed by atoms with van der Waals surface area (Å²) in [7, 11) is 0. The lowest BCUT2D eigenvalue weighted by atomic mass is 9.86. The number of hydrogen-bond donors (Lipinski definition) is 0. The maximum Gasteiger partial charge on any atom is 0.162 e. The Hall–Kier alpha value is -0.930. The Morgan fingerprint density at radius 1 is 1.19 bits per heavy atom. The summed E-state index contributed by atoms with van der Waals surface area (Å²) in [4.78, 5) is 4.42. The first-order chi connectivity index (χ1) is 7.41. The minimum atomic E-state index is -0.469. The second-order valence-corrected chi connectivity index (χ2v) is 5.26. The first-order valence-electron chi connectivity index (χ1n) is 5.62. The van der Waals surface area contributed by atoms with E-state index in [0.717, 1.165) is 5.69 Å². The molecular weight excluding hydrogens is 202 g/mol. The molecule has 2 rings (SSSR count). The Labute approximate surface area is 96.8 Å². The third kappa shape index (κ3) is 2.25. The predicted octanol–water partition coefficient (Wildman–Crippen LogP) is 2.43. The summed E-state index contributed by atoms with van der Waals surface area (Å²) in [6, 6.07) is 4.10. The lowest BCUT2D eigenvalue weighted by Crippen LogP contribution is -2.47. The van der Waals surface area contributed by atoms with Crippen LogP contribution in [0.1, 0.15) is 32.0 Å². The molecule has 0 amide bonds. The molecule has 0 unspecified atom stereocenters. The van der Waals surface area contributed by atoms with Crippen molar-refractivity contribution in [3.05, 3.63) is 29.6 Å². The fourth-order valence-electron chi connectivity index (χ4n) is 1.76. The van der Waals surface area contributed by atoms with Crippen molar-refractivity contribution in [3.8, 4) is 0 Å². The molecule has 1 aromatic heterocycles. The van der Waals surface area contributed by atoms with Gasteiger partial charge < -0.3 is 9.47 Å². The maximum atomic E-state index is 5.71. The molecule has 0 aromatic carbocycles. The Bertz CT molecular complexity index is 377. The van der Waals surface area contributed by atoms with Gasteiger partial charge in [-0.3, -0.25) is 4.98 Å². The average molecular weight is 221 g/mol. The molecule has 3 nitrogen and oxygen atoms in total. The van der Waals surface area contributed by atoms with Crippen LogP contribution >= 0.6 is 0 Å². The third-order valence-corrected chi connectivity index (χ3v) is 3.01. The highest BCUT2D eigenvalue weighted by molar-refractivity contribution is 5.22. The van der Waals surface area contributed by atoms with Crippen LogP contribution in [0, 0.1) is 6.92 Å². The van der Waals surface area contributed by atoms with Crippen LogP contribution in [-0.2, 0) is 14.9 Å². The van der Waals surface area contributed by atoms with Crippen LogP contribution in [-0.4, -0.2) is 24.0 Å². The van der Waals surface area contributed by atoms with Gasteiger partial charge in [-0.25, -0.2) is 0 Å². The number of aromatic nitrogens is 1. The lowest BCUT2D eigenvalue weighted by Gasteiger charge is -2.41. The molecule has 0 spiro atoms. The molecule has 1 saturated heterocycles. The molecule has 1 aromatic rings. The topological polar surface area (TPSA) is 31.4 Å². The van der Waals surface area contributed by atoms with E-state index in [1.54, 1.807) is 0 Å². The highest BCUT2D eigenvalue weighted by atomic mass is 16.7. The van der Waals surface area contributed by atoms with Gasteiger partial charge in [0, 0.05) is 6.20 Å². The van der Waals surface area contributed by atoms with Crippen LogP contribution < -0.4 is 0 Å². The van der Waals surface area contributed by atoms with Gasteiger partial charge in [-0.15, -0.1) is 0 Å². The molecule has 0 atom stereocenters.